The third-order valence-electron chi connectivity index (χ3n) is 12.8. The molecule has 2 aliphatic rings. The number of hydrogen-bond donors (Lipinski definition) is 0. The molecule has 0 radical (unpaired) electrons. The van der Waals surface area contributed by atoms with E-state index in [0.717, 1.165) is 21.3 Å². The molecule has 0 aliphatic carbocycles. The molecule has 366 valence electrons. The zero-order chi connectivity index (χ0) is 49.0. The molecule has 20 heteroatoms. The van der Waals surface area contributed by atoms with Crippen LogP contribution in [0.25, 0.3) is 0 Å². The number of benzene rings is 2. The first-order valence-electron chi connectivity index (χ1n) is 22.2. The first-order valence-corrected chi connectivity index (χ1v) is 24.1. The van der Waals surface area contributed by atoms with Crippen molar-refractivity contribution in [1.82, 2.24) is 10.1 Å². The van der Waals surface area contributed by atoms with Crippen LogP contribution in [0.2, 0.25) is 0 Å². The standard InChI is InChI=1S/C48H60N4O14S2/c1-35(53)49(63-31-39-11-7-9-13-41(39)59-3)47(45(57)61-5)19-25-51(26-20-47,23-15-37-17-29-67-33-37)65-43(55)44(56)66-52(24-16-38-18-30-68-34-38)27-21-48(22-28-52,46(58)62-6)50(36(2)54)64-32-40-12-8-10-14-42(40)60-4/h7-14,17-18,29-30,33-34H,15-16,19-28,31-32H2,1-6H3/q+2. The average molecular weight is 981 g/mol. The smallest absolute Gasteiger partial charge is 0.480 e. The Bertz CT molecular complexity index is 2200. The summed E-state index contributed by atoms with van der Waals surface area (Å²) in [7, 11) is 5.49. The molecule has 4 heterocycles. The van der Waals surface area contributed by atoms with Crippen LogP contribution in [0, 0.1) is 0 Å². The Morgan fingerprint density at radius 3 is 1.24 bits per heavy atom. The van der Waals surface area contributed by atoms with E-state index in [1.807, 2.05) is 33.7 Å². The fourth-order valence-electron chi connectivity index (χ4n) is 9.02. The van der Waals surface area contributed by atoms with E-state index in [1.54, 1.807) is 48.5 Å². The van der Waals surface area contributed by atoms with Gasteiger partial charge >= 0.3 is 23.9 Å². The van der Waals surface area contributed by atoms with Gasteiger partial charge in [0.1, 0.15) is 64.0 Å². The minimum absolute atomic E-state index is 0.00437. The number of quaternary nitrogens is 2. The first-order chi connectivity index (χ1) is 32.7. The van der Waals surface area contributed by atoms with Gasteiger partial charge in [-0.1, -0.05) is 36.4 Å². The summed E-state index contributed by atoms with van der Waals surface area (Å²) >= 11 is 3.02. The maximum absolute atomic E-state index is 14.2. The van der Waals surface area contributed by atoms with Crippen molar-refractivity contribution >= 4 is 58.4 Å². The van der Waals surface area contributed by atoms with Crippen molar-refractivity contribution in [2.75, 3.05) is 67.7 Å². The maximum atomic E-state index is 14.2. The number of para-hydroxylation sites is 2. The van der Waals surface area contributed by atoms with Crippen LogP contribution < -0.4 is 9.47 Å². The molecule has 0 unspecified atom stereocenters. The van der Waals surface area contributed by atoms with Gasteiger partial charge in [0.05, 0.1) is 28.4 Å². The van der Waals surface area contributed by atoms with Gasteiger partial charge < -0.3 is 18.9 Å². The molecule has 0 atom stereocenters. The second-order valence-corrected chi connectivity index (χ2v) is 18.4. The maximum Gasteiger partial charge on any atom is 0.480 e. The molecule has 0 N–H and O–H groups in total. The molecule has 0 saturated carbocycles. The Balaban J connectivity index is 1.24. The molecule has 6 rings (SSSR count). The highest BCUT2D eigenvalue weighted by Crippen LogP contribution is 2.38. The predicted molar refractivity (Wildman–Crippen MR) is 247 cm³/mol. The Labute approximate surface area is 403 Å². The largest absolute Gasteiger partial charge is 0.496 e. The number of amides is 2. The highest BCUT2D eigenvalue weighted by atomic mass is 32.1. The molecule has 68 heavy (non-hydrogen) atoms. The van der Waals surface area contributed by atoms with Gasteiger partial charge in [0, 0.05) is 63.5 Å². The van der Waals surface area contributed by atoms with Gasteiger partial charge in [-0.2, -0.15) is 22.7 Å². The van der Waals surface area contributed by atoms with Crippen molar-refractivity contribution in [2.24, 2.45) is 0 Å². The number of carbonyl (C=O) groups excluding carboxylic acids is 6. The predicted octanol–water partition coefficient (Wildman–Crippen LogP) is 5.53. The molecule has 2 aromatic carbocycles. The van der Waals surface area contributed by atoms with Crippen molar-refractivity contribution < 1.29 is 76.4 Å². The Hall–Kier alpha value is -5.90. The van der Waals surface area contributed by atoms with Crippen LogP contribution in [-0.4, -0.2) is 134 Å². The molecule has 0 bridgehead atoms. The second kappa shape index (κ2) is 22.9. The fourth-order valence-corrected chi connectivity index (χ4v) is 10.4. The minimum atomic E-state index is -1.61. The van der Waals surface area contributed by atoms with Crippen molar-refractivity contribution in [2.45, 2.75) is 76.7 Å². The second-order valence-electron chi connectivity index (χ2n) is 16.8. The number of ether oxygens (including phenoxy) is 4. The summed E-state index contributed by atoms with van der Waals surface area (Å²) in [5.41, 5.74) is 0.0165. The summed E-state index contributed by atoms with van der Waals surface area (Å²) in [6, 6.07) is 18.2. The third kappa shape index (κ3) is 11.7. The molecule has 2 saturated heterocycles. The lowest BCUT2D eigenvalue weighted by molar-refractivity contribution is -1.10. The van der Waals surface area contributed by atoms with Gasteiger partial charge in [0.25, 0.3) is 0 Å². The molecule has 2 aliphatic heterocycles. The summed E-state index contributed by atoms with van der Waals surface area (Å²) in [5.74, 6) is -3.99. The summed E-state index contributed by atoms with van der Waals surface area (Å²) in [5, 5.41) is 9.89. The van der Waals surface area contributed by atoms with Gasteiger partial charge in [-0.15, -0.1) is 9.29 Å². The number of piperidine rings is 2. The van der Waals surface area contributed by atoms with Crippen LogP contribution in [0.5, 0.6) is 11.5 Å². The molecule has 4 aromatic rings. The number of hydroxylamine groups is 10. The van der Waals surface area contributed by atoms with Crippen LogP contribution in [0.4, 0.5) is 0 Å². The first kappa shape index (κ1) is 51.5. The highest BCUT2D eigenvalue weighted by Gasteiger charge is 2.59. The molecule has 2 amide bonds. The molecule has 18 nitrogen and oxygen atoms in total. The number of likely N-dealkylation sites (tertiary alicyclic amines) is 2. The number of thiophene rings is 2. The van der Waals surface area contributed by atoms with Crippen molar-refractivity contribution in [3.8, 4) is 11.5 Å². The number of hydrogen-bond acceptors (Lipinski definition) is 16. The summed E-state index contributed by atoms with van der Waals surface area (Å²) in [6.45, 7) is 2.81. The van der Waals surface area contributed by atoms with Crippen LogP contribution in [0.15, 0.2) is 82.2 Å². The Morgan fingerprint density at radius 1 is 0.559 bits per heavy atom. The molecular weight excluding hydrogens is 921 g/mol. The van der Waals surface area contributed by atoms with E-state index in [-0.39, 0.29) is 87.5 Å². The lowest BCUT2D eigenvalue weighted by Gasteiger charge is -2.47. The monoisotopic (exact) mass is 980 g/mol. The number of nitrogens with zero attached hydrogens (tertiary/aromatic N) is 4. The number of carbonyl (C=O) groups is 6. The Kier molecular flexibility index (Phi) is 17.4. The summed E-state index contributed by atoms with van der Waals surface area (Å²) in [4.78, 5) is 107. The van der Waals surface area contributed by atoms with Crippen molar-refractivity contribution in [3.63, 3.8) is 0 Å². The minimum Gasteiger partial charge on any atom is -0.496 e. The van der Waals surface area contributed by atoms with Gasteiger partial charge in [0.15, 0.2) is 11.1 Å². The van der Waals surface area contributed by atoms with Crippen molar-refractivity contribution in [1.29, 1.82) is 0 Å². The highest BCUT2D eigenvalue weighted by molar-refractivity contribution is 7.08. The zero-order valence-electron chi connectivity index (χ0n) is 39.3. The van der Waals surface area contributed by atoms with Gasteiger partial charge in [0.2, 0.25) is 11.8 Å². The van der Waals surface area contributed by atoms with Crippen LogP contribution in [0.3, 0.4) is 0 Å². The molecule has 2 fully saturated rings. The topological polar surface area (TPSA) is 183 Å². The zero-order valence-corrected chi connectivity index (χ0v) is 40.9. The molecule has 2 aromatic heterocycles. The summed E-state index contributed by atoms with van der Waals surface area (Å²) < 4.78 is 20.8. The number of methoxy groups -OCH3 is 4. The number of esters is 2. The average Bonchev–Trinajstić information content (AvgIpc) is 4.09. The molecular formula is C48H60N4O14S2+2. The van der Waals surface area contributed by atoms with E-state index in [1.165, 1.54) is 65.0 Å². The van der Waals surface area contributed by atoms with E-state index < -0.39 is 46.8 Å². The van der Waals surface area contributed by atoms with E-state index in [4.69, 9.17) is 38.3 Å². The van der Waals surface area contributed by atoms with E-state index >= 15 is 0 Å². The van der Waals surface area contributed by atoms with Gasteiger partial charge in [-0.05, 0) is 56.9 Å². The van der Waals surface area contributed by atoms with E-state index in [2.05, 4.69) is 0 Å². The fraction of sp³-hybridized carbons (Fsp3) is 0.458. The third-order valence-corrected chi connectivity index (χ3v) is 14.3. The lowest BCUT2D eigenvalue weighted by Crippen LogP contribution is -2.68. The number of rotatable bonds is 20. The van der Waals surface area contributed by atoms with E-state index in [9.17, 15) is 28.8 Å². The van der Waals surface area contributed by atoms with Crippen LogP contribution in [-0.2, 0) is 83.6 Å². The SMILES string of the molecule is COC(=O)C1(N(OCc2ccccc2OC)C(C)=O)CC[N+](CCc2ccsc2)(OC(=O)C(=O)O[N+]2(CCc3ccsc3)CCC(C(=O)OC)(N(OCc3ccccc3OC)C(C)=O)CC2)CC1. The Morgan fingerprint density at radius 2 is 0.926 bits per heavy atom. The lowest BCUT2D eigenvalue weighted by atomic mass is 9.86. The van der Waals surface area contributed by atoms with Crippen LogP contribution in [0.1, 0.15) is 61.8 Å². The van der Waals surface area contributed by atoms with Gasteiger partial charge in [-0.3, -0.25) is 28.9 Å². The normalized spacial score (nSPS) is 22.3. The van der Waals surface area contributed by atoms with Gasteiger partial charge in [-0.25, -0.2) is 29.3 Å². The summed E-state index contributed by atoms with van der Waals surface area (Å²) in [6.07, 6.45) is 0.691. The quantitative estimate of drug-likeness (QED) is 0.0466. The van der Waals surface area contributed by atoms with Crippen LogP contribution >= 0.6 is 22.7 Å². The van der Waals surface area contributed by atoms with E-state index in [0.29, 0.717) is 35.5 Å². The molecule has 0 spiro atoms. The van der Waals surface area contributed by atoms with Crippen molar-refractivity contribution in [3.05, 3.63) is 104 Å².